The number of hydrogen-bond donors (Lipinski definition) is 1. The highest BCUT2D eigenvalue weighted by atomic mass is 16.5. The molecule has 114 valence electrons. The lowest BCUT2D eigenvalue weighted by atomic mass is 10.1. The minimum Gasteiger partial charge on any atom is -0.475 e. The van der Waals surface area contributed by atoms with E-state index in [-0.39, 0.29) is 0 Å². The number of pyridine rings is 1. The van der Waals surface area contributed by atoms with Gasteiger partial charge >= 0.3 is 0 Å². The third-order valence-electron chi connectivity index (χ3n) is 2.97. The van der Waals surface area contributed by atoms with Crippen LogP contribution in [0.4, 0.5) is 0 Å². The number of rotatable bonds is 10. The molecule has 0 spiro atoms. The first-order chi connectivity index (χ1) is 9.67. The Labute approximate surface area is 122 Å². The van der Waals surface area contributed by atoms with E-state index in [2.05, 4.69) is 37.1 Å². The molecule has 0 aliphatic heterocycles. The standard InChI is InChI=1S/C16H28N2O2/c1-5-6-7-19-8-9-20-16-11-14(12-17-4)10-15(18-16)13(2)3/h10-11,13,17H,5-9,12H2,1-4H3. The minimum absolute atomic E-state index is 0.398. The molecule has 1 aromatic rings. The highest BCUT2D eigenvalue weighted by Crippen LogP contribution is 2.19. The lowest BCUT2D eigenvalue weighted by Gasteiger charge is -2.12. The Morgan fingerprint density at radius 1 is 1.20 bits per heavy atom. The summed E-state index contributed by atoms with van der Waals surface area (Å²) in [5, 5.41) is 3.16. The number of hydrogen-bond acceptors (Lipinski definition) is 4. The third-order valence-corrected chi connectivity index (χ3v) is 2.97. The first kappa shape index (κ1) is 16.9. The van der Waals surface area contributed by atoms with Crippen LogP contribution in [-0.2, 0) is 11.3 Å². The van der Waals surface area contributed by atoms with Crippen LogP contribution in [0.1, 0.15) is 50.8 Å². The lowest BCUT2D eigenvalue weighted by Crippen LogP contribution is -2.11. The second kappa shape index (κ2) is 9.72. The molecule has 0 aliphatic carbocycles. The first-order valence-electron chi connectivity index (χ1n) is 7.53. The van der Waals surface area contributed by atoms with Gasteiger partial charge in [-0.1, -0.05) is 27.2 Å². The summed E-state index contributed by atoms with van der Waals surface area (Å²) in [5.41, 5.74) is 2.27. The molecule has 0 bridgehead atoms. The topological polar surface area (TPSA) is 43.4 Å². The SMILES string of the molecule is CCCCOCCOc1cc(CNC)cc(C(C)C)n1. The molecule has 1 aromatic heterocycles. The highest BCUT2D eigenvalue weighted by Gasteiger charge is 2.07. The summed E-state index contributed by atoms with van der Waals surface area (Å²) in [6.07, 6.45) is 2.26. The Kier molecular flexibility index (Phi) is 8.23. The molecule has 0 saturated heterocycles. The Hall–Kier alpha value is -1.13. The fourth-order valence-corrected chi connectivity index (χ4v) is 1.81. The van der Waals surface area contributed by atoms with Crippen molar-refractivity contribution in [3.8, 4) is 5.88 Å². The Balaban J connectivity index is 2.50. The summed E-state index contributed by atoms with van der Waals surface area (Å²) in [4.78, 5) is 4.54. The Morgan fingerprint density at radius 2 is 2.00 bits per heavy atom. The van der Waals surface area contributed by atoms with Gasteiger partial charge < -0.3 is 14.8 Å². The van der Waals surface area contributed by atoms with E-state index in [0.29, 0.717) is 25.0 Å². The van der Waals surface area contributed by atoms with Gasteiger partial charge in [0.2, 0.25) is 5.88 Å². The molecule has 0 fully saturated rings. The maximum Gasteiger partial charge on any atom is 0.213 e. The van der Waals surface area contributed by atoms with Crippen LogP contribution in [0.5, 0.6) is 5.88 Å². The summed E-state index contributed by atoms with van der Waals surface area (Å²) in [7, 11) is 1.94. The zero-order chi connectivity index (χ0) is 14.8. The number of aromatic nitrogens is 1. The summed E-state index contributed by atoms with van der Waals surface area (Å²) < 4.78 is 11.2. The van der Waals surface area contributed by atoms with Crippen molar-refractivity contribution in [2.24, 2.45) is 0 Å². The van der Waals surface area contributed by atoms with Crippen molar-refractivity contribution in [2.45, 2.75) is 46.1 Å². The van der Waals surface area contributed by atoms with Crippen molar-refractivity contribution in [1.82, 2.24) is 10.3 Å². The quantitative estimate of drug-likeness (QED) is 0.669. The number of nitrogens with zero attached hydrogens (tertiary/aromatic N) is 1. The van der Waals surface area contributed by atoms with Gasteiger partial charge in [0.15, 0.2) is 0 Å². The van der Waals surface area contributed by atoms with E-state index in [4.69, 9.17) is 9.47 Å². The molecule has 0 amide bonds. The molecule has 20 heavy (non-hydrogen) atoms. The van der Waals surface area contributed by atoms with E-state index in [9.17, 15) is 0 Å². The van der Waals surface area contributed by atoms with Gasteiger partial charge in [-0.2, -0.15) is 0 Å². The monoisotopic (exact) mass is 280 g/mol. The molecule has 4 heteroatoms. The van der Waals surface area contributed by atoms with E-state index in [1.54, 1.807) is 0 Å². The number of nitrogens with one attached hydrogen (secondary N) is 1. The van der Waals surface area contributed by atoms with Gasteiger partial charge in [0.1, 0.15) is 6.61 Å². The van der Waals surface area contributed by atoms with Gasteiger partial charge in [-0.05, 0) is 31.0 Å². The van der Waals surface area contributed by atoms with E-state index >= 15 is 0 Å². The van der Waals surface area contributed by atoms with Crippen LogP contribution in [0.15, 0.2) is 12.1 Å². The van der Waals surface area contributed by atoms with E-state index in [0.717, 1.165) is 31.7 Å². The predicted molar refractivity (Wildman–Crippen MR) is 82.3 cm³/mol. The van der Waals surface area contributed by atoms with Crippen molar-refractivity contribution < 1.29 is 9.47 Å². The Morgan fingerprint density at radius 3 is 2.65 bits per heavy atom. The maximum atomic E-state index is 5.70. The average molecular weight is 280 g/mol. The van der Waals surface area contributed by atoms with E-state index in [1.807, 2.05) is 13.1 Å². The summed E-state index contributed by atoms with van der Waals surface area (Å²) in [6, 6.07) is 4.13. The van der Waals surface area contributed by atoms with Crippen molar-refractivity contribution in [2.75, 3.05) is 26.9 Å². The average Bonchev–Trinajstić information content (AvgIpc) is 2.43. The van der Waals surface area contributed by atoms with Crippen LogP contribution >= 0.6 is 0 Å². The van der Waals surface area contributed by atoms with Crippen LogP contribution < -0.4 is 10.1 Å². The maximum absolute atomic E-state index is 5.70. The van der Waals surface area contributed by atoms with Crippen LogP contribution in [0.25, 0.3) is 0 Å². The molecular weight excluding hydrogens is 252 g/mol. The predicted octanol–water partition coefficient (Wildman–Crippen LogP) is 3.12. The third kappa shape index (κ3) is 6.35. The van der Waals surface area contributed by atoms with Gasteiger partial charge in [0.05, 0.1) is 6.61 Å². The van der Waals surface area contributed by atoms with Gasteiger partial charge in [0.25, 0.3) is 0 Å². The molecule has 1 N–H and O–H groups in total. The normalized spacial score (nSPS) is 11.1. The zero-order valence-corrected chi connectivity index (χ0v) is 13.2. The van der Waals surface area contributed by atoms with Gasteiger partial charge in [-0.3, -0.25) is 0 Å². The van der Waals surface area contributed by atoms with Crippen LogP contribution in [-0.4, -0.2) is 31.9 Å². The van der Waals surface area contributed by atoms with E-state index < -0.39 is 0 Å². The van der Waals surface area contributed by atoms with Gasteiger partial charge in [0, 0.05) is 24.9 Å². The molecule has 4 nitrogen and oxygen atoms in total. The van der Waals surface area contributed by atoms with Crippen molar-refractivity contribution in [1.29, 1.82) is 0 Å². The molecular formula is C16H28N2O2. The lowest BCUT2D eigenvalue weighted by molar-refractivity contribution is 0.0964. The van der Waals surface area contributed by atoms with Crippen molar-refractivity contribution in [3.63, 3.8) is 0 Å². The molecule has 0 radical (unpaired) electrons. The fraction of sp³-hybridized carbons (Fsp3) is 0.688. The van der Waals surface area contributed by atoms with Crippen LogP contribution in [0.3, 0.4) is 0 Å². The van der Waals surface area contributed by atoms with Crippen molar-refractivity contribution in [3.05, 3.63) is 23.4 Å². The summed E-state index contributed by atoms with van der Waals surface area (Å²) in [5.74, 6) is 1.09. The molecule has 0 unspecified atom stereocenters. The molecule has 1 heterocycles. The molecule has 0 aliphatic rings. The highest BCUT2D eigenvalue weighted by molar-refractivity contribution is 5.26. The number of ether oxygens (including phenoxy) is 2. The molecule has 0 saturated carbocycles. The second-order valence-corrected chi connectivity index (χ2v) is 5.24. The largest absolute Gasteiger partial charge is 0.475 e. The van der Waals surface area contributed by atoms with Crippen LogP contribution in [0, 0.1) is 0 Å². The molecule has 1 rings (SSSR count). The van der Waals surface area contributed by atoms with Crippen LogP contribution in [0.2, 0.25) is 0 Å². The van der Waals surface area contributed by atoms with Gasteiger partial charge in [-0.15, -0.1) is 0 Å². The fourth-order valence-electron chi connectivity index (χ4n) is 1.81. The van der Waals surface area contributed by atoms with Crippen molar-refractivity contribution >= 4 is 0 Å². The van der Waals surface area contributed by atoms with Gasteiger partial charge in [-0.25, -0.2) is 4.98 Å². The second-order valence-electron chi connectivity index (χ2n) is 5.24. The Bertz CT molecular complexity index is 381. The number of unbranched alkanes of at least 4 members (excludes halogenated alkanes) is 1. The zero-order valence-electron chi connectivity index (χ0n) is 13.2. The minimum atomic E-state index is 0.398. The molecule has 0 aromatic carbocycles. The summed E-state index contributed by atoms with van der Waals surface area (Å²) >= 11 is 0. The van der Waals surface area contributed by atoms with E-state index in [1.165, 1.54) is 5.56 Å². The smallest absolute Gasteiger partial charge is 0.213 e. The first-order valence-corrected chi connectivity index (χ1v) is 7.53. The summed E-state index contributed by atoms with van der Waals surface area (Å²) in [6.45, 7) is 9.25. The molecule has 0 atom stereocenters.